The quantitative estimate of drug-likeness (QED) is 0.581. The van der Waals surface area contributed by atoms with E-state index in [1.165, 1.54) is 12.0 Å². The average Bonchev–Trinajstić information content (AvgIpc) is 2.76. The predicted octanol–water partition coefficient (Wildman–Crippen LogP) is 0.531. The molecular formula is C12H14ClNO4. The van der Waals surface area contributed by atoms with Crippen LogP contribution in [0.1, 0.15) is 5.56 Å². The van der Waals surface area contributed by atoms with Gasteiger partial charge in [0.25, 0.3) is 0 Å². The fraction of sp³-hybridized carbons (Fsp3) is 0.333. The Hall–Kier alpha value is -1.59. The summed E-state index contributed by atoms with van der Waals surface area (Å²) in [6, 6.07) is 6.81. The van der Waals surface area contributed by atoms with Crippen LogP contribution in [0.5, 0.6) is 0 Å². The van der Waals surface area contributed by atoms with Crippen LogP contribution in [0.4, 0.5) is 5.69 Å². The van der Waals surface area contributed by atoms with E-state index in [1.807, 2.05) is 24.3 Å². The highest BCUT2D eigenvalue weighted by molar-refractivity contribution is 6.30. The molecule has 0 bridgehead atoms. The van der Waals surface area contributed by atoms with Crippen molar-refractivity contribution in [2.45, 2.75) is 12.5 Å². The minimum absolute atomic E-state index is 0. The van der Waals surface area contributed by atoms with Gasteiger partial charge in [-0.2, -0.15) is 0 Å². The molecule has 2 N–H and O–H groups in total. The molecule has 98 valence electrons. The number of fused-ring (bicyclic) bond motifs is 1. The molecule has 1 heterocycles. The Morgan fingerprint density at radius 3 is 2.72 bits per heavy atom. The van der Waals surface area contributed by atoms with E-state index in [9.17, 15) is 9.59 Å². The van der Waals surface area contributed by atoms with Crippen molar-refractivity contribution in [3.05, 3.63) is 29.8 Å². The van der Waals surface area contributed by atoms with Gasteiger partial charge in [-0.15, -0.1) is 11.6 Å². The smallest absolute Gasteiger partial charge is 0.329 e. The standard InChI is InChI=1S/C12H12ClNO3.H2O/c1-17-12(16)10-6-8-4-2-3-5-9(8)14(10)11(15)7-13;/h2-5,10H,6-7H2,1H3;1H2/t10-;/m0./s1. The van der Waals surface area contributed by atoms with Crippen LogP contribution in [0.2, 0.25) is 0 Å². The number of alkyl halides is 1. The number of esters is 1. The Morgan fingerprint density at radius 1 is 1.44 bits per heavy atom. The number of amides is 1. The minimum Gasteiger partial charge on any atom is -0.467 e. The normalized spacial score (nSPS) is 16.8. The van der Waals surface area contributed by atoms with E-state index in [2.05, 4.69) is 0 Å². The molecule has 0 spiro atoms. The number of benzene rings is 1. The first-order valence-electron chi connectivity index (χ1n) is 5.22. The summed E-state index contributed by atoms with van der Waals surface area (Å²) in [7, 11) is 1.31. The van der Waals surface area contributed by atoms with Gasteiger partial charge in [0.2, 0.25) is 5.91 Å². The van der Waals surface area contributed by atoms with E-state index in [4.69, 9.17) is 16.3 Å². The van der Waals surface area contributed by atoms with Crippen molar-refractivity contribution >= 4 is 29.2 Å². The Bertz CT molecular complexity index is 463. The Balaban J connectivity index is 0.00000162. The number of methoxy groups -OCH3 is 1. The monoisotopic (exact) mass is 271 g/mol. The third-order valence-electron chi connectivity index (χ3n) is 2.83. The van der Waals surface area contributed by atoms with Crippen molar-refractivity contribution in [1.82, 2.24) is 0 Å². The number of rotatable bonds is 2. The molecule has 0 aromatic heterocycles. The molecular weight excluding hydrogens is 258 g/mol. The summed E-state index contributed by atoms with van der Waals surface area (Å²) >= 11 is 5.57. The molecule has 18 heavy (non-hydrogen) atoms. The van der Waals surface area contributed by atoms with E-state index in [0.29, 0.717) is 6.42 Å². The molecule has 1 aliphatic rings. The summed E-state index contributed by atoms with van der Waals surface area (Å²) in [5.41, 5.74) is 1.70. The van der Waals surface area contributed by atoms with E-state index in [0.717, 1.165) is 11.3 Å². The van der Waals surface area contributed by atoms with Gasteiger partial charge in [0.15, 0.2) is 0 Å². The van der Waals surface area contributed by atoms with Crippen molar-refractivity contribution in [3.63, 3.8) is 0 Å². The second kappa shape index (κ2) is 5.84. The van der Waals surface area contributed by atoms with Gasteiger partial charge in [-0.05, 0) is 11.6 Å². The van der Waals surface area contributed by atoms with Crippen molar-refractivity contribution < 1.29 is 19.8 Å². The molecule has 1 aromatic carbocycles. The maximum absolute atomic E-state index is 11.8. The number of carbonyl (C=O) groups excluding carboxylic acids is 2. The van der Waals surface area contributed by atoms with Crippen LogP contribution < -0.4 is 4.90 Å². The molecule has 0 unspecified atom stereocenters. The van der Waals surface area contributed by atoms with Crippen molar-refractivity contribution in [3.8, 4) is 0 Å². The zero-order chi connectivity index (χ0) is 12.4. The van der Waals surface area contributed by atoms with Gasteiger partial charge in [-0.3, -0.25) is 9.69 Å². The molecule has 2 rings (SSSR count). The van der Waals surface area contributed by atoms with Crippen LogP contribution in [-0.2, 0) is 20.7 Å². The first kappa shape index (κ1) is 14.5. The van der Waals surface area contributed by atoms with Crippen molar-refractivity contribution in [1.29, 1.82) is 0 Å². The van der Waals surface area contributed by atoms with Gasteiger partial charge in [0.05, 0.1) is 7.11 Å². The molecule has 1 aromatic rings. The molecule has 1 atom stereocenters. The van der Waals surface area contributed by atoms with Crippen LogP contribution in [0.15, 0.2) is 24.3 Å². The number of ether oxygens (including phenoxy) is 1. The van der Waals surface area contributed by atoms with Crippen molar-refractivity contribution in [2.75, 3.05) is 17.9 Å². The van der Waals surface area contributed by atoms with Gasteiger partial charge in [-0.1, -0.05) is 18.2 Å². The van der Waals surface area contributed by atoms with Crippen LogP contribution in [0.3, 0.4) is 0 Å². The van der Waals surface area contributed by atoms with Gasteiger partial charge < -0.3 is 10.2 Å². The lowest BCUT2D eigenvalue weighted by Gasteiger charge is -2.22. The molecule has 1 amide bonds. The lowest BCUT2D eigenvalue weighted by molar-refractivity contribution is -0.143. The molecule has 6 heteroatoms. The zero-order valence-electron chi connectivity index (χ0n) is 9.85. The summed E-state index contributed by atoms with van der Waals surface area (Å²) in [6.07, 6.45) is 0.478. The topological polar surface area (TPSA) is 78.1 Å². The van der Waals surface area contributed by atoms with Gasteiger partial charge >= 0.3 is 5.97 Å². The van der Waals surface area contributed by atoms with Crippen molar-refractivity contribution in [2.24, 2.45) is 0 Å². The highest BCUT2D eigenvalue weighted by Gasteiger charge is 2.38. The van der Waals surface area contributed by atoms with Gasteiger partial charge in [-0.25, -0.2) is 4.79 Å². The lowest BCUT2D eigenvalue weighted by atomic mass is 10.1. The fourth-order valence-corrected chi connectivity index (χ4v) is 2.21. The minimum atomic E-state index is -0.594. The van der Waals surface area contributed by atoms with E-state index >= 15 is 0 Å². The second-order valence-corrected chi connectivity index (χ2v) is 4.04. The molecule has 0 radical (unpaired) electrons. The number of nitrogens with zero attached hydrogens (tertiary/aromatic N) is 1. The van der Waals surface area contributed by atoms with Crippen LogP contribution >= 0.6 is 11.6 Å². The number of hydrogen-bond acceptors (Lipinski definition) is 3. The second-order valence-electron chi connectivity index (χ2n) is 3.77. The van der Waals surface area contributed by atoms with Crippen LogP contribution in [0, 0.1) is 0 Å². The molecule has 0 fully saturated rings. The summed E-state index contributed by atoms with van der Waals surface area (Å²) < 4.78 is 4.71. The predicted molar refractivity (Wildman–Crippen MR) is 67.8 cm³/mol. The number of para-hydroxylation sites is 1. The summed E-state index contributed by atoms with van der Waals surface area (Å²) in [4.78, 5) is 24.9. The number of carbonyl (C=O) groups is 2. The van der Waals surface area contributed by atoms with E-state index in [1.54, 1.807) is 0 Å². The fourth-order valence-electron chi connectivity index (χ4n) is 2.08. The summed E-state index contributed by atoms with van der Waals surface area (Å²) in [6.45, 7) is 0. The first-order chi connectivity index (χ1) is 8.19. The van der Waals surface area contributed by atoms with Gasteiger partial charge in [0.1, 0.15) is 11.9 Å². The Morgan fingerprint density at radius 2 is 2.11 bits per heavy atom. The SMILES string of the molecule is COC(=O)[C@@H]1Cc2ccccc2N1C(=O)CCl.O. The summed E-state index contributed by atoms with van der Waals surface area (Å²) in [5.74, 6) is -0.853. The maximum atomic E-state index is 11.8. The van der Waals surface area contributed by atoms with Gasteiger partial charge in [0, 0.05) is 12.1 Å². The van der Waals surface area contributed by atoms with Crippen LogP contribution in [-0.4, -0.2) is 36.4 Å². The average molecular weight is 272 g/mol. The highest BCUT2D eigenvalue weighted by Crippen LogP contribution is 2.32. The van der Waals surface area contributed by atoms with Crippen LogP contribution in [0.25, 0.3) is 0 Å². The largest absolute Gasteiger partial charge is 0.467 e. The number of anilines is 1. The zero-order valence-corrected chi connectivity index (χ0v) is 10.6. The lowest BCUT2D eigenvalue weighted by Crippen LogP contribution is -2.44. The molecule has 0 saturated heterocycles. The maximum Gasteiger partial charge on any atom is 0.329 e. The van der Waals surface area contributed by atoms with E-state index in [-0.39, 0.29) is 17.3 Å². The number of hydrogen-bond donors (Lipinski definition) is 0. The number of halogens is 1. The Kier molecular flexibility index (Phi) is 4.69. The highest BCUT2D eigenvalue weighted by atomic mass is 35.5. The van der Waals surface area contributed by atoms with E-state index < -0.39 is 12.0 Å². The Labute approximate surface area is 110 Å². The third kappa shape index (κ3) is 2.32. The molecule has 5 nitrogen and oxygen atoms in total. The molecule has 0 saturated carbocycles. The summed E-state index contributed by atoms with van der Waals surface area (Å²) in [5, 5.41) is 0. The molecule has 0 aliphatic carbocycles. The first-order valence-corrected chi connectivity index (χ1v) is 5.76. The molecule has 1 aliphatic heterocycles. The third-order valence-corrected chi connectivity index (χ3v) is 3.06.